The minimum Gasteiger partial charge on any atom is -0.375 e. The highest BCUT2D eigenvalue weighted by atomic mass is 35.5. The Kier molecular flexibility index (Phi) is 6.72. The largest absolute Gasteiger partial charge is 0.375 e. The SMILES string of the molecule is Cc1nc(Cl)nc2nc[nH]c12.O=[N+]([O-])c1ccc(S(=O)(=O)N2CCOCc3ccccc32)cc1. The van der Waals surface area contributed by atoms with Gasteiger partial charge in [0.25, 0.3) is 15.7 Å². The minimum atomic E-state index is -3.81. The molecule has 0 bridgehead atoms. The maximum atomic E-state index is 12.9. The number of nitrogens with zero attached hydrogens (tertiary/aromatic N) is 5. The molecule has 0 spiro atoms. The Morgan fingerprint density at radius 2 is 1.88 bits per heavy atom. The lowest BCUT2D eigenvalue weighted by Gasteiger charge is -2.23. The van der Waals surface area contributed by atoms with Gasteiger partial charge in [-0.2, -0.15) is 4.98 Å². The molecule has 1 aliphatic rings. The Morgan fingerprint density at radius 3 is 2.62 bits per heavy atom. The van der Waals surface area contributed by atoms with Gasteiger partial charge in [-0.05, 0) is 36.7 Å². The predicted molar refractivity (Wildman–Crippen MR) is 125 cm³/mol. The van der Waals surface area contributed by atoms with E-state index in [9.17, 15) is 18.5 Å². The van der Waals surface area contributed by atoms with Gasteiger partial charge in [-0.1, -0.05) is 18.2 Å². The van der Waals surface area contributed by atoms with Crippen molar-refractivity contribution < 1.29 is 18.1 Å². The molecule has 176 valence electrons. The smallest absolute Gasteiger partial charge is 0.269 e. The maximum Gasteiger partial charge on any atom is 0.269 e. The lowest BCUT2D eigenvalue weighted by molar-refractivity contribution is -0.384. The fourth-order valence-electron chi connectivity index (χ4n) is 3.39. The number of hydrogen-bond acceptors (Lipinski definition) is 8. The summed E-state index contributed by atoms with van der Waals surface area (Å²) in [4.78, 5) is 24.9. The number of aromatic amines is 1. The summed E-state index contributed by atoms with van der Waals surface area (Å²) in [6, 6.07) is 12.0. The fourth-order valence-corrected chi connectivity index (χ4v) is 5.08. The van der Waals surface area contributed by atoms with E-state index in [0.717, 1.165) is 16.8 Å². The summed E-state index contributed by atoms with van der Waals surface area (Å²) < 4.78 is 32.5. The number of halogens is 1. The lowest BCUT2D eigenvalue weighted by Crippen LogP contribution is -2.33. The highest BCUT2D eigenvalue weighted by molar-refractivity contribution is 7.92. The number of non-ortho nitro benzene ring substituents is 1. The number of aromatic nitrogens is 4. The number of sulfonamides is 1. The number of anilines is 1. The number of imidazole rings is 1. The molecule has 1 N–H and O–H groups in total. The molecule has 0 unspecified atom stereocenters. The first-order valence-electron chi connectivity index (χ1n) is 10.0. The molecule has 0 atom stereocenters. The average molecular weight is 503 g/mol. The Morgan fingerprint density at radius 1 is 1.15 bits per heavy atom. The van der Waals surface area contributed by atoms with Crippen molar-refractivity contribution in [2.45, 2.75) is 18.4 Å². The van der Waals surface area contributed by atoms with E-state index in [-0.39, 0.29) is 29.0 Å². The number of nitro groups is 1. The van der Waals surface area contributed by atoms with E-state index in [1.807, 2.05) is 19.1 Å². The first kappa shape index (κ1) is 23.5. The monoisotopic (exact) mass is 502 g/mol. The van der Waals surface area contributed by atoms with E-state index in [0.29, 0.717) is 17.9 Å². The van der Waals surface area contributed by atoms with Crippen molar-refractivity contribution in [1.29, 1.82) is 0 Å². The van der Waals surface area contributed by atoms with Gasteiger partial charge < -0.3 is 9.72 Å². The first-order valence-corrected chi connectivity index (χ1v) is 11.9. The molecular formula is C21H19ClN6O5S. The standard InChI is InChI=1S/C15H14N2O5S.C6H5ClN4/c18-17(19)13-5-7-14(8-6-13)23(20,21)16-9-10-22-11-12-3-1-2-4-15(12)16;1-3-4-5(9-2-8-4)11-6(7)10-3/h1-8H,9-11H2;2H,1H3,(H,8,9,10,11). The topological polar surface area (TPSA) is 144 Å². The second kappa shape index (κ2) is 9.71. The van der Waals surface area contributed by atoms with Gasteiger partial charge in [0.05, 0.1) is 47.3 Å². The summed E-state index contributed by atoms with van der Waals surface area (Å²) >= 11 is 5.60. The molecule has 4 aromatic rings. The van der Waals surface area contributed by atoms with E-state index >= 15 is 0 Å². The Hall–Kier alpha value is -3.61. The number of para-hydroxylation sites is 1. The third kappa shape index (κ3) is 4.83. The number of nitrogens with one attached hydrogen (secondary N) is 1. The highest BCUT2D eigenvalue weighted by Crippen LogP contribution is 2.30. The third-order valence-corrected chi connectivity index (χ3v) is 7.03. The molecule has 34 heavy (non-hydrogen) atoms. The second-order valence-corrected chi connectivity index (χ2v) is 9.39. The van der Waals surface area contributed by atoms with Crippen molar-refractivity contribution >= 4 is 44.2 Å². The Bertz CT molecular complexity index is 1440. The number of fused-ring (bicyclic) bond motifs is 2. The van der Waals surface area contributed by atoms with Crippen molar-refractivity contribution in [3.05, 3.63) is 81.5 Å². The summed E-state index contributed by atoms with van der Waals surface area (Å²) in [5, 5.41) is 10.9. The van der Waals surface area contributed by atoms with E-state index in [1.165, 1.54) is 28.6 Å². The van der Waals surface area contributed by atoms with Crippen molar-refractivity contribution in [3.8, 4) is 0 Å². The molecule has 0 aliphatic carbocycles. The van der Waals surface area contributed by atoms with Crippen molar-refractivity contribution in [1.82, 2.24) is 19.9 Å². The highest BCUT2D eigenvalue weighted by Gasteiger charge is 2.28. The molecule has 1 aliphatic heterocycles. The molecule has 2 aromatic heterocycles. The minimum absolute atomic E-state index is 0.0137. The summed E-state index contributed by atoms with van der Waals surface area (Å²) in [7, 11) is -3.81. The Labute approximate surface area is 199 Å². The van der Waals surface area contributed by atoms with Gasteiger partial charge in [0.1, 0.15) is 5.52 Å². The number of benzene rings is 2. The number of rotatable bonds is 3. The zero-order valence-corrected chi connectivity index (χ0v) is 19.5. The van der Waals surface area contributed by atoms with Crippen LogP contribution in [0.5, 0.6) is 0 Å². The summed E-state index contributed by atoms with van der Waals surface area (Å²) in [6.07, 6.45) is 1.57. The van der Waals surface area contributed by atoms with Gasteiger partial charge in [-0.25, -0.2) is 18.4 Å². The van der Waals surface area contributed by atoms with Crippen molar-refractivity contribution in [2.24, 2.45) is 0 Å². The number of aryl methyl sites for hydroxylation is 1. The molecule has 0 saturated heterocycles. The van der Waals surface area contributed by atoms with Crippen LogP contribution in [0.2, 0.25) is 5.28 Å². The molecule has 0 fully saturated rings. The van der Waals surface area contributed by atoms with Gasteiger partial charge in [-0.15, -0.1) is 0 Å². The second-order valence-electron chi connectivity index (χ2n) is 7.19. The Balaban J connectivity index is 0.000000207. The molecule has 11 nitrogen and oxygen atoms in total. The summed E-state index contributed by atoms with van der Waals surface area (Å²) in [5.74, 6) is 0. The van der Waals surface area contributed by atoms with E-state index < -0.39 is 14.9 Å². The average Bonchev–Trinajstić information content (AvgIpc) is 3.18. The van der Waals surface area contributed by atoms with Crippen LogP contribution in [0, 0.1) is 17.0 Å². The third-order valence-electron chi connectivity index (χ3n) is 5.03. The number of hydrogen-bond donors (Lipinski definition) is 1. The van der Waals surface area contributed by atoms with Crippen LogP contribution >= 0.6 is 11.6 Å². The predicted octanol–water partition coefficient (Wildman–Crippen LogP) is 3.64. The van der Waals surface area contributed by atoms with Gasteiger partial charge in [0.2, 0.25) is 5.28 Å². The molecule has 13 heteroatoms. The number of ether oxygens (including phenoxy) is 1. The normalized spacial score (nSPS) is 13.5. The van der Waals surface area contributed by atoms with E-state index in [2.05, 4.69) is 19.9 Å². The van der Waals surface area contributed by atoms with E-state index in [4.69, 9.17) is 16.3 Å². The molecule has 3 heterocycles. The van der Waals surface area contributed by atoms with Gasteiger partial charge in [0, 0.05) is 17.7 Å². The van der Waals surface area contributed by atoms with Gasteiger partial charge in [0.15, 0.2) is 5.65 Å². The van der Waals surface area contributed by atoms with Crippen LogP contribution in [0.15, 0.2) is 59.8 Å². The molecule has 5 rings (SSSR count). The van der Waals surface area contributed by atoms with Crippen LogP contribution in [-0.4, -0.2) is 46.4 Å². The molecule has 0 amide bonds. The van der Waals surface area contributed by atoms with Crippen LogP contribution in [0.1, 0.15) is 11.3 Å². The number of H-pyrrole nitrogens is 1. The van der Waals surface area contributed by atoms with Crippen LogP contribution in [0.4, 0.5) is 11.4 Å². The fraction of sp³-hybridized carbons (Fsp3) is 0.190. The quantitative estimate of drug-likeness (QED) is 0.254. The van der Waals surface area contributed by atoms with Gasteiger partial charge in [-0.3, -0.25) is 14.4 Å². The first-order chi connectivity index (χ1) is 16.3. The maximum absolute atomic E-state index is 12.9. The molecular weight excluding hydrogens is 484 g/mol. The lowest BCUT2D eigenvalue weighted by atomic mass is 10.2. The van der Waals surface area contributed by atoms with Crippen LogP contribution < -0.4 is 4.31 Å². The van der Waals surface area contributed by atoms with Crippen molar-refractivity contribution in [2.75, 3.05) is 17.5 Å². The molecule has 0 radical (unpaired) electrons. The van der Waals surface area contributed by atoms with E-state index in [1.54, 1.807) is 18.5 Å². The van der Waals surface area contributed by atoms with Crippen molar-refractivity contribution in [3.63, 3.8) is 0 Å². The van der Waals surface area contributed by atoms with Crippen LogP contribution in [-0.2, 0) is 21.4 Å². The zero-order chi connectivity index (χ0) is 24.3. The van der Waals surface area contributed by atoms with Gasteiger partial charge >= 0.3 is 0 Å². The number of nitro benzene ring substituents is 1. The summed E-state index contributed by atoms with van der Waals surface area (Å²) in [5.41, 5.74) is 3.48. The zero-order valence-electron chi connectivity index (χ0n) is 17.9. The summed E-state index contributed by atoms with van der Waals surface area (Å²) in [6.45, 7) is 2.67. The van der Waals surface area contributed by atoms with Crippen LogP contribution in [0.3, 0.4) is 0 Å². The molecule has 2 aromatic carbocycles. The van der Waals surface area contributed by atoms with Crippen LogP contribution in [0.25, 0.3) is 11.2 Å². The molecule has 0 saturated carbocycles.